The number of hydrogen-bond acceptors (Lipinski definition) is 2. The van der Waals surface area contributed by atoms with E-state index in [2.05, 4.69) is 5.32 Å². The molecule has 4 nitrogen and oxygen atoms in total. The third-order valence-corrected chi connectivity index (χ3v) is 1.93. The molecule has 0 atom stereocenters. The lowest BCUT2D eigenvalue weighted by atomic mass is 10.2. The first kappa shape index (κ1) is 9.67. The Morgan fingerprint density at radius 2 is 2.15 bits per heavy atom. The monoisotopic (exact) mass is 199 g/mol. The first-order chi connectivity index (χ1) is 6.00. The van der Waals surface area contributed by atoms with Crippen LogP contribution in [0, 0.1) is 6.92 Å². The number of primary amides is 1. The van der Waals surface area contributed by atoms with Crippen molar-refractivity contribution in [3.8, 4) is 0 Å². The highest BCUT2D eigenvalue weighted by molar-refractivity contribution is 6.33. The van der Waals surface area contributed by atoms with Gasteiger partial charge in [-0.2, -0.15) is 0 Å². The second-order valence-electron chi connectivity index (χ2n) is 2.68. The Bertz CT molecular complexity index is 351. The number of anilines is 2. The topological polar surface area (TPSA) is 81.1 Å². The number of rotatable bonds is 1. The van der Waals surface area contributed by atoms with Gasteiger partial charge < -0.3 is 16.8 Å². The van der Waals surface area contributed by atoms with Gasteiger partial charge in [0.25, 0.3) is 0 Å². The molecule has 0 bridgehead atoms. The maximum absolute atomic E-state index is 10.6. The normalized spacial score (nSPS) is 9.69. The number of halogens is 1. The SMILES string of the molecule is Cc1cc(N)c(Cl)cc1NC(N)=O. The average Bonchev–Trinajstić information content (AvgIpc) is 1.99. The fraction of sp³-hybridized carbons (Fsp3) is 0.125. The molecule has 13 heavy (non-hydrogen) atoms. The summed E-state index contributed by atoms with van der Waals surface area (Å²) in [6, 6.07) is 2.62. The Labute approximate surface area is 80.9 Å². The van der Waals surface area contributed by atoms with Crippen molar-refractivity contribution < 1.29 is 4.79 Å². The Kier molecular flexibility index (Phi) is 2.63. The van der Waals surface area contributed by atoms with Crippen LogP contribution in [0.25, 0.3) is 0 Å². The number of aryl methyl sites for hydroxylation is 1. The van der Waals surface area contributed by atoms with Crippen LogP contribution in [0.2, 0.25) is 5.02 Å². The smallest absolute Gasteiger partial charge is 0.316 e. The van der Waals surface area contributed by atoms with Crippen LogP contribution in [0.15, 0.2) is 12.1 Å². The van der Waals surface area contributed by atoms with E-state index in [1.807, 2.05) is 0 Å². The minimum absolute atomic E-state index is 0.398. The molecular weight excluding hydrogens is 190 g/mol. The number of urea groups is 1. The number of amides is 2. The van der Waals surface area contributed by atoms with E-state index in [9.17, 15) is 4.79 Å². The molecule has 0 saturated carbocycles. The quantitative estimate of drug-likeness (QED) is 0.602. The van der Waals surface area contributed by atoms with Crippen LogP contribution in [-0.4, -0.2) is 6.03 Å². The molecule has 0 aliphatic carbocycles. The number of benzene rings is 1. The Hall–Kier alpha value is -1.42. The summed E-state index contributed by atoms with van der Waals surface area (Å²) in [5, 5.41) is 2.84. The van der Waals surface area contributed by atoms with Crippen molar-refractivity contribution in [1.82, 2.24) is 0 Å². The fourth-order valence-electron chi connectivity index (χ4n) is 0.971. The van der Waals surface area contributed by atoms with Crippen LogP contribution in [-0.2, 0) is 0 Å². The van der Waals surface area contributed by atoms with Crippen LogP contribution in [0.1, 0.15) is 5.56 Å². The van der Waals surface area contributed by atoms with E-state index in [4.69, 9.17) is 23.1 Å². The second kappa shape index (κ2) is 3.53. The molecular formula is C8H10ClN3O. The molecule has 70 valence electrons. The van der Waals surface area contributed by atoms with Crippen LogP contribution < -0.4 is 16.8 Å². The first-order valence-corrected chi connectivity index (χ1v) is 4.00. The summed E-state index contributed by atoms with van der Waals surface area (Å²) in [5.74, 6) is 0. The minimum atomic E-state index is -0.621. The molecule has 0 heterocycles. The fourth-order valence-corrected chi connectivity index (χ4v) is 1.13. The van der Waals surface area contributed by atoms with Gasteiger partial charge >= 0.3 is 6.03 Å². The van der Waals surface area contributed by atoms with Crippen molar-refractivity contribution in [3.63, 3.8) is 0 Å². The average molecular weight is 200 g/mol. The molecule has 1 rings (SSSR count). The Balaban J connectivity index is 3.08. The van der Waals surface area contributed by atoms with Crippen LogP contribution in [0.3, 0.4) is 0 Å². The Morgan fingerprint density at radius 1 is 1.54 bits per heavy atom. The third-order valence-electron chi connectivity index (χ3n) is 1.60. The van der Waals surface area contributed by atoms with Gasteiger partial charge in [-0.3, -0.25) is 0 Å². The van der Waals surface area contributed by atoms with Gasteiger partial charge in [0.1, 0.15) is 0 Å². The van der Waals surface area contributed by atoms with Crippen molar-refractivity contribution >= 4 is 29.0 Å². The zero-order valence-electron chi connectivity index (χ0n) is 7.10. The molecule has 0 radical (unpaired) electrons. The molecule has 0 aliphatic heterocycles. The maximum atomic E-state index is 10.6. The molecule has 1 aromatic rings. The van der Waals surface area contributed by atoms with E-state index in [1.165, 1.54) is 0 Å². The lowest BCUT2D eigenvalue weighted by Gasteiger charge is -2.07. The van der Waals surface area contributed by atoms with E-state index < -0.39 is 6.03 Å². The largest absolute Gasteiger partial charge is 0.398 e. The van der Waals surface area contributed by atoms with Gasteiger partial charge in [0, 0.05) is 5.69 Å². The molecule has 5 heteroatoms. The summed E-state index contributed by atoms with van der Waals surface area (Å²) in [7, 11) is 0. The number of nitrogens with one attached hydrogen (secondary N) is 1. The minimum Gasteiger partial charge on any atom is -0.398 e. The van der Waals surface area contributed by atoms with E-state index >= 15 is 0 Å². The van der Waals surface area contributed by atoms with Crippen LogP contribution in [0.5, 0.6) is 0 Å². The van der Waals surface area contributed by atoms with Crippen LogP contribution in [0.4, 0.5) is 16.2 Å². The van der Waals surface area contributed by atoms with Gasteiger partial charge in [0.2, 0.25) is 0 Å². The number of hydrogen-bond donors (Lipinski definition) is 3. The summed E-state index contributed by atoms with van der Waals surface area (Å²) >= 11 is 5.75. The second-order valence-corrected chi connectivity index (χ2v) is 3.09. The van der Waals surface area contributed by atoms with Gasteiger partial charge in [-0.1, -0.05) is 11.6 Å². The van der Waals surface area contributed by atoms with E-state index in [0.29, 0.717) is 16.4 Å². The summed E-state index contributed by atoms with van der Waals surface area (Å²) in [6.45, 7) is 1.80. The van der Waals surface area contributed by atoms with Crippen molar-refractivity contribution in [2.24, 2.45) is 5.73 Å². The van der Waals surface area contributed by atoms with Crippen molar-refractivity contribution in [1.29, 1.82) is 0 Å². The Morgan fingerprint density at radius 3 is 2.69 bits per heavy atom. The molecule has 0 unspecified atom stereocenters. The zero-order valence-corrected chi connectivity index (χ0v) is 7.85. The van der Waals surface area contributed by atoms with Gasteiger partial charge in [-0.15, -0.1) is 0 Å². The molecule has 0 saturated heterocycles. The molecule has 0 spiro atoms. The molecule has 2 amide bonds. The van der Waals surface area contributed by atoms with Crippen LogP contribution >= 0.6 is 11.6 Å². The summed E-state index contributed by atoms with van der Waals surface area (Å²) in [5.41, 5.74) is 12.4. The lowest BCUT2D eigenvalue weighted by molar-refractivity contribution is 0.259. The third kappa shape index (κ3) is 2.26. The number of nitrogen functional groups attached to an aromatic ring is 1. The standard InChI is InChI=1S/C8H10ClN3O/c1-4-2-6(10)5(9)3-7(4)12-8(11)13/h2-3H,10H2,1H3,(H3,11,12,13). The van der Waals surface area contributed by atoms with Crippen molar-refractivity contribution in [2.45, 2.75) is 6.92 Å². The van der Waals surface area contributed by atoms with Crippen molar-refractivity contribution in [3.05, 3.63) is 22.7 Å². The van der Waals surface area contributed by atoms with E-state index in [-0.39, 0.29) is 0 Å². The zero-order chi connectivity index (χ0) is 10.0. The van der Waals surface area contributed by atoms with Crippen molar-refractivity contribution in [2.75, 3.05) is 11.1 Å². The first-order valence-electron chi connectivity index (χ1n) is 3.63. The van der Waals surface area contributed by atoms with Gasteiger partial charge in [-0.25, -0.2) is 4.79 Å². The highest BCUT2D eigenvalue weighted by Crippen LogP contribution is 2.26. The summed E-state index contributed by atoms with van der Waals surface area (Å²) in [6.07, 6.45) is 0. The number of carbonyl (C=O) groups excluding carboxylic acids is 1. The predicted octanol–water partition coefficient (Wildman–Crippen LogP) is 1.72. The summed E-state index contributed by atoms with van der Waals surface area (Å²) in [4.78, 5) is 10.6. The molecule has 1 aromatic carbocycles. The number of nitrogens with two attached hydrogens (primary N) is 2. The lowest BCUT2D eigenvalue weighted by Crippen LogP contribution is -2.19. The predicted molar refractivity (Wildman–Crippen MR) is 53.8 cm³/mol. The highest BCUT2D eigenvalue weighted by Gasteiger charge is 2.04. The number of carbonyl (C=O) groups is 1. The van der Waals surface area contributed by atoms with Gasteiger partial charge in [0.05, 0.1) is 10.7 Å². The highest BCUT2D eigenvalue weighted by atomic mass is 35.5. The molecule has 0 aromatic heterocycles. The molecule has 0 fully saturated rings. The van der Waals surface area contributed by atoms with E-state index in [0.717, 1.165) is 5.56 Å². The summed E-state index contributed by atoms with van der Waals surface area (Å²) < 4.78 is 0. The maximum Gasteiger partial charge on any atom is 0.316 e. The molecule has 0 aliphatic rings. The van der Waals surface area contributed by atoms with E-state index in [1.54, 1.807) is 19.1 Å². The van der Waals surface area contributed by atoms with Gasteiger partial charge in [0.15, 0.2) is 0 Å². The van der Waals surface area contributed by atoms with Gasteiger partial charge in [-0.05, 0) is 24.6 Å². The molecule has 5 N–H and O–H groups in total.